The molecule has 3 nitrogen and oxygen atoms in total. The van der Waals surface area contributed by atoms with E-state index in [4.69, 9.17) is 16.0 Å². The molecule has 0 atom stereocenters. The van der Waals surface area contributed by atoms with Crippen molar-refractivity contribution in [1.82, 2.24) is 4.90 Å². The van der Waals surface area contributed by atoms with Gasteiger partial charge in [-0.3, -0.25) is 4.79 Å². The third kappa shape index (κ3) is 3.21. The molecule has 1 saturated heterocycles. The number of benzene rings is 1. The molecular weight excluding hydrogens is 298 g/mol. The maximum absolute atomic E-state index is 12.7. The first-order chi connectivity index (χ1) is 10.7. The van der Waals surface area contributed by atoms with Crippen molar-refractivity contribution < 1.29 is 9.21 Å². The van der Waals surface area contributed by atoms with Crippen molar-refractivity contribution in [2.75, 3.05) is 19.6 Å². The zero-order valence-corrected chi connectivity index (χ0v) is 13.8. The Morgan fingerprint density at radius 3 is 2.77 bits per heavy atom. The molecule has 3 rings (SSSR count). The van der Waals surface area contributed by atoms with Crippen molar-refractivity contribution in [3.63, 3.8) is 0 Å². The molecule has 0 aliphatic carbocycles. The highest BCUT2D eigenvalue weighted by molar-refractivity contribution is 6.31. The second-order valence-electron chi connectivity index (χ2n) is 5.97. The second-order valence-corrected chi connectivity index (χ2v) is 6.41. The summed E-state index contributed by atoms with van der Waals surface area (Å²) in [5, 5.41) is 1.49. The van der Waals surface area contributed by atoms with E-state index in [-0.39, 0.29) is 5.78 Å². The van der Waals surface area contributed by atoms with Crippen LogP contribution in [0.1, 0.15) is 48.7 Å². The number of fused-ring (bicyclic) bond motifs is 1. The molecule has 0 saturated carbocycles. The summed E-state index contributed by atoms with van der Waals surface area (Å²) in [6, 6.07) is 5.49. The minimum atomic E-state index is 0.170. The maximum Gasteiger partial charge on any atom is 0.168 e. The molecule has 1 aromatic carbocycles. The molecule has 0 bridgehead atoms. The highest BCUT2D eigenvalue weighted by Crippen LogP contribution is 2.30. The van der Waals surface area contributed by atoms with Crippen molar-refractivity contribution in [2.24, 2.45) is 0 Å². The highest BCUT2D eigenvalue weighted by Gasteiger charge is 2.21. The Bertz CT molecular complexity index is 671. The van der Waals surface area contributed by atoms with Crippen molar-refractivity contribution in [3.8, 4) is 0 Å². The number of aryl methyl sites for hydroxylation is 1. The molecule has 2 heterocycles. The van der Waals surface area contributed by atoms with Crippen LogP contribution in [0.3, 0.4) is 0 Å². The van der Waals surface area contributed by atoms with E-state index in [9.17, 15) is 4.79 Å². The average Bonchev–Trinajstić information content (AvgIpc) is 2.91. The van der Waals surface area contributed by atoms with E-state index in [0.717, 1.165) is 48.3 Å². The van der Waals surface area contributed by atoms with Crippen LogP contribution < -0.4 is 0 Å². The summed E-state index contributed by atoms with van der Waals surface area (Å²) in [6.45, 7) is 5.09. The number of halogens is 1. The first-order valence-electron chi connectivity index (χ1n) is 8.15. The van der Waals surface area contributed by atoms with Gasteiger partial charge in [-0.15, -0.1) is 0 Å². The number of hydrogen-bond acceptors (Lipinski definition) is 3. The van der Waals surface area contributed by atoms with E-state index < -0.39 is 0 Å². The van der Waals surface area contributed by atoms with Crippen LogP contribution in [0.15, 0.2) is 22.6 Å². The Hall–Kier alpha value is -1.32. The number of ketones is 1. The van der Waals surface area contributed by atoms with Gasteiger partial charge in [0, 0.05) is 29.8 Å². The number of Topliss-reactive ketones (excluding diaryl/α,β-unsaturated/α-hetero) is 1. The van der Waals surface area contributed by atoms with Crippen LogP contribution in [-0.2, 0) is 6.42 Å². The van der Waals surface area contributed by atoms with Gasteiger partial charge in [0.05, 0.1) is 5.56 Å². The summed E-state index contributed by atoms with van der Waals surface area (Å²) in [5.74, 6) is 0.948. The lowest BCUT2D eigenvalue weighted by molar-refractivity contribution is 0.0958. The van der Waals surface area contributed by atoms with E-state index in [1.165, 1.54) is 19.3 Å². The summed E-state index contributed by atoms with van der Waals surface area (Å²) < 4.78 is 5.82. The smallest absolute Gasteiger partial charge is 0.168 e. The Balaban J connectivity index is 1.81. The highest BCUT2D eigenvalue weighted by atomic mass is 35.5. The van der Waals surface area contributed by atoms with Crippen LogP contribution in [0, 0.1) is 0 Å². The molecule has 4 heteroatoms. The van der Waals surface area contributed by atoms with E-state index in [2.05, 4.69) is 4.90 Å². The minimum Gasteiger partial charge on any atom is -0.460 e. The summed E-state index contributed by atoms with van der Waals surface area (Å²) in [7, 11) is 0. The normalized spacial score (nSPS) is 16.3. The Morgan fingerprint density at radius 1 is 1.27 bits per heavy atom. The molecule has 1 fully saturated rings. The molecule has 0 unspecified atom stereocenters. The van der Waals surface area contributed by atoms with Gasteiger partial charge in [0.25, 0.3) is 0 Å². The standard InChI is InChI=1S/C18H22ClNO2/c1-2-16-18(14-12-13(19)6-7-17(14)22-16)15(21)8-11-20-9-4-3-5-10-20/h6-7,12H,2-5,8-11H2,1H3. The van der Waals surface area contributed by atoms with E-state index in [0.29, 0.717) is 11.4 Å². The van der Waals surface area contributed by atoms with Crippen LogP contribution in [0.2, 0.25) is 5.02 Å². The first-order valence-corrected chi connectivity index (χ1v) is 8.53. The van der Waals surface area contributed by atoms with Crippen LogP contribution >= 0.6 is 11.6 Å². The zero-order valence-electron chi connectivity index (χ0n) is 13.0. The van der Waals surface area contributed by atoms with Gasteiger partial charge in [-0.2, -0.15) is 0 Å². The molecule has 1 aliphatic rings. The molecule has 0 radical (unpaired) electrons. The van der Waals surface area contributed by atoms with E-state index in [1.807, 2.05) is 19.1 Å². The molecule has 118 valence electrons. The lowest BCUT2D eigenvalue weighted by atomic mass is 10.0. The number of rotatable bonds is 5. The molecule has 0 spiro atoms. The quantitative estimate of drug-likeness (QED) is 0.748. The van der Waals surface area contributed by atoms with Gasteiger partial charge in [-0.05, 0) is 44.1 Å². The van der Waals surface area contributed by atoms with Gasteiger partial charge in [-0.1, -0.05) is 24.9 Å². The minimum absolute atomic E-state index is 0.170. The number of hydrogen-bond donors (Lipinski definition) is 0. The zero-order chi connectivity index (χ0) is 15.5. The number of piperidine rings is 1. The molecule has 2 aromatic rings. The topological polar surface area (TPSA) is 33.5 Å². The molecule has 1 aliphatic heterocycles. The van der Waals surface area contributed by atoms with E-state index in [1.54, 1.807) is 6.07 Å². The molecule has 0 N–H and O–H groups in total. The third-order valence-corrected chi connectivity index (χ3v) is 4.66. The van der Waals surface area contributed by atoms with Crippen molar-refractivity contribution in [3.05, 3.63) is 34.5 Å². The Morgan fingerprint density at radius 2 is 2.05 bits per heavy atom. The second kappa shape index (κ2) is 6.84. The van der Waals surface area contributed by atoms with Crippen LogP contribution in [0.4, 0.5) is 0 Å². The molecule has 22 heavy (non-hydrogen) atoms. The fourth-order valence-electron chi connectivity index (χ4n) is 3.24. The molecular formula is C18H22ClNO2. The number of likely N-dealkylation sites (tertiary alicyclic amines) is 1. The largest absolute Gasteiger partial charge is 0.460 e. The van der Waals surface area contributed by atoms with Crippen LogP contribution in [-0.4, -0.2) is 30.3 Å². The van der Waals surface area contributed by atoms with Crippen molar-refractivity contribution >= 4 is 28.4 Å². The summed E-state index contributed by atoms with van der Waals surface area (Å²) >= 11 is 6.09. The van der Waals surface area contributed by atoms with Gasteiger partial charge in [0.15, 0.2) is 5.78 Å². The van der Waals surface area contributed by atoms with Crippen LogP contribution in [0.5, 0.6) is 0 Å². The Kier molecular flexibility index (Phi) is 4.84. The van der Waals surface area contributed by atoms with Gasteiger partial charge >= 0.3 is 0 Å². The lowest BCUT2D eigenvalue weighted by Crippen LogP contribution is -2.31. The fourth-order valence-corrected chi connectivity index (χ4v) is 3.41. The van der Waals surface area contributed by atoms with Crippen LogP contribution in [0.25, 0.3) is 11.0 Å². The third-order valence-electron chi connectivity index (χ3n) is 4.43. The average molecular weight is 320 g/mol. The SMILES string of the molecule is CCc1oc2ccc(Cl)cc2c1C(=O)CCN1CCCCC1. The summed E-state index contributed by atoms with van der Waals surface area (Å²) in [4.78, 5) is 15.1. The fraction of sp³-hybridized carbons (Fsp3) is 0.500. The van der Waals surface area contributed by atoms with Gasteiger partial charge in [0.2, 0.25) is 0 Å². The molecule has 0 amide bonds. The van der Waals surface area contributed by atoms with Crippen molar-refractivity contribution in [1.29, 1.82) is 0 Å². The predicted molar refractivity (Wildman–Crippen MR) is 89.8 cm³/mol. The van der Waals surface area contributed by atoms with Gasteiger partial charge in [0.1, 0.15) is 11.3 Å². The van der Waals surface area contributed by atoms with E-state index >= 15 is 0 Å². The number of nitrogens with zero attached hydrogens (tertiary/aromatic N) is 1. The van der Waals surface area contributed by atoms with Gasteiger partial charge < -0.3 is 9.32 Å². The number of furan rings is 1. The number of carbonyl (C=O) groups excluding carboxylic acids is 1. The van der Waals surface area contributed by atoms with Gasteiger partial charge in [-0.25, -0.2) is 0 Å². The molecule has 1 aromatic heterocycles. The summed E-state index contributed by atoms with van der Waals surface area (Å²) in [5.41, 5.74) is 1.49. The Labute approximate surface area is 136 Å². The maximum atomic E-state index is 12.7. The lowest BCUT2D eigenvalue weighted by Gasteiger charge is -2.25. The number of carbonyl (C=O) groups is 1. The van der Waals surface area contributed by atoms with Crippen molar-refractivity contribution in [2.45, 2.75) is 39.0 Å². The first kappa shape index (κ1) is 15.6. The monoisotopic (exact) mass is 319 g/mol. The predicted octanol–water partition coefficient (Wildman–Crippen LogP) is 4.71. The summed E-state index contributed by atoms with van der Waals surface area (Å²) in [6.07, 6.45) is 5.08.